The van der Waals surface area contributed by atoms with Crippen molar-refractivity contribution in [2.45, 2.75) is 12.2 Å². The fraction of sp³-hybridized carbons (Fsp3) is 0.154. The van der Waals surface area contributed by atoms with Gasteiger partial charge in [-0.15, -0.1) is 0 Å². The molecule has 0 bridgehead atoms. The smallest absolute Gasteiger partial charge is 0.319 e. The Morgan fingerprint density at radius 1 is 1.20 bits per heavy atom. The normalized spacial score (nSPS) is 13.3. The molecule has 20 heavy (non-hydrogen) atoms. The van der Waals surface area contributed by atoms with E-state index in [1.807, 2.05) is 0 Å². The van der Waals surface area contributed by atoms with E-state index in [1.165, 1.54) is 12.3 Å². The van der Waals surface area contributed by atoms with Crippen molar-refractivity contribution in [2.75, 3.05) is 0 Å². The molecular weight excluding hydrogens is 296 g/mol. The Balaban J connectivity index is 2.51. The first kappa shape index (κ1) is 14.7. The van der Waals surface area contributed by atoms with Crippen LogP contribution in [0.5, 0.6) is 0 Å². The van der Waals surface area contributed by atoms with Crippen molar-refractivity contribution in [3.8, 4) is 0 Å². The molecule has 106 valence electrons. The van der Waals surface area contributed by atoms with Gasteiger partial charge < -0.3 is 5.73 Å². The second-order valence-electron chi connectivity index (χ2n) is 4.11. The van der Waals surface area contributed by atoms with Gasteiger partial charge in [0.25, 0.3) is 0 Å². The Kier molecular flexibility index (Phi) is 3.96. The first-order chi connectivity index (χ1) is 9.29. The summed E-state index contributed by atoms with van der Waals surface area (Å²) in [6.07, 6.45) is -3.39. The summed E-state index contributed by atoms with van der Waals surface area (Å²) in [4.78, 5) is 3.67. The molecule has 2 N–H and O–H groups in total. The molecule has 0 spiro atoms. The molecule has 1 heterocycles. The van der Waals surface area contributed by atoms with Gasteiger partial charge in [-0.2, -0.15) is 13.2 Å². The van der Waals surface area contributed by atoms with Gasteiger partial charge in [-0.05, 0) is 35.9 Å². The highest BCUT2D eigenvalue weighted by atomic mass is 35.5. The number of rotatable bonds is 2. The third kappa shape index (κ3) is 3.08. The zero-order valence-electron chi connectivity index (χ0n) is 9.96. The average Bonchev–Trinajstić information content (AvgIpc) is 2.35. The maximum atomic E-state index is 13.3. The molecule has 0 unspecified atom stereocenters. The van der Waals surface area contributed by atoms with Gasteiger partial charge >= 0.3 is 6.18 Å². The summed E-state index contributed by atoms with van der Waals surface area (Å²) in [5, 5.41) is 0.0555. The Hall–Kier alpha value is -1.66. The Morgan fingerprint density at radius 2 is 1.90 bits per heavy atom. The van der Waals surface area contributed by atoms with Crippen molar-refractivity contribution in [2.24, 2.45) is 5.73 Å². The molecule has 1 aromatic heterocycles. The van der Waals surface area contributed by atoms with Crippen LogP contribution in [-0.2, 0) is 6.18 Å². The molecule has 0 aliphatic carbocycles. The van der Waals surface area contributed by atoms with Gasteiger partial charge in [-0.3, -0.25) is 4.98 Å². The van der Waals surface area contributed by atoms with E-state index in [9.17, 15) is 17.6 Å². The molecule has 2 aromatic rings. The number of nitrogens with two attached hydrogens (primary N) is 1. The predicted molar refractivity (Wildman–Crippen MR) is 66.7 cm³/mol. The molecule has 7 heteroatoms. The van der Waals surface area contributed by atoms with Crippen LogP contribution in [0.25, 0.3) is 0 Å². The lowest BCUT2D eigenvalue weighted by atomic mass is 10.00. The molecule has 0 fully saturated rings. The summed E-state index contributed by atoms with van der Waals surface area (Å²) in [6.45, 7) is 0. The van der Waals surface area contributed by atoms with E-state index >= 15 is 0 Å². The molecule has 1 aromatic carbocycles. The molecule has 0 aliphatic rings. The summed E-state index contributed by atoms with van der Waals surface area (Å²) < 4.78 is 51.9. The van der Waals surface area contributed by atoms with Crippen LogP contribution in [0.3, 0.4) is 0 Å². The van der Waals surface area contributed by atoms with E-state index < -0.39 is 23.6 Å². The van der Waals surface area contributed by atoms with Crippen LogP contribution in [0.15, 0.2) is 36.5 Å². The van der Waals surface area contributed by atoms with E-state index in [4.69, 9.17) is 17.3 Å². The van der Waals surface area contributed by atoms with Crippen molar-refractivity contribution in [3.05, 3.63) is 64.2 Å². The van der Waals surface area contributed by atoms with Crippen molar-refractivity contribution in [3.63, 3.8) is 0 Å². The van der Waals surface area contributed by atoms with E-state index in [0.29, 0.717) is 0 Å². The zero-order chi connectivity index (χ0) is 14.9. The van der Waals surface area contributed by atoms with Crippen LogP contribution in [0.4, 0.5) is 17.6 Å². The number of pyridine rings is 1. The minimum absolute atomic E-state index is 0.0555. The molecule has 0 saturated heterocycles. The quantitative estimate of drug-likeness (QED) is 0.854. The Morgan fingerprint density at radius 3 is 2.50 bits per heavy atom. The third-order valence-electron chi connectivity index (χ3n) is 2.68. The average molecular weight is 305 g/mol. The van der Waals surface area contributed by atoms with Crippen molar-refractivity contribution in [1.29, 1.82) is 0 Å². The first-order valence-electron chi connectivity index (χ1n) is 5.52. The van der Waals surface area contributed by atoms with Crippen LogP contribution < -0.4 is 5.73 Å². The minimum atomic E-state index is -4.58. The number of hydrogen-bond acceptors (Lipinski definition) is 2. The topological polar surface area (TPSA) is 38.9 Å². The molecule has 0 radical (unpaired) electrons. The molecule has 0 saturated carbocycles. The summed E-state index contributed by atoms with van der Waals surface area (Å²) in [6, 6.07) is 4.21. The maximum absolute atomic E-state index is 13.3. The number of halogens is 5. The lowest BCUT2D eigenvalue weighted by Crippen LogP contribution is -2.20. The third-order valence-corrected chi connectivity index (χ3v) is 2.90. The molecule has 2 rings (SSSR count). The van der Waals surface area contributed by atoms with Crippen molar-refractivity contribution < 1.29 is 17.6 Å². The van der Waals surface area contributed by atoms with Crippen molar-refractivity contribution >= 4 is 11.6 Å². The number of aromatic nitrogens is 1. The molecule has 0 amide bonds. The van der Waals surface area contributed by atoms with Crippen LogP contribution >= 0.6 is 11.6 Å². The Labute approximate surface area is 117 Å². The van der Waals surface area contributed by atoms with Crippen LogP contribution in [0, 0.1) is 5.82 Å². The first-order valence-corrected chi connectivity index (χ1v) is 5.90. The fourth-order valence-corrected chi connectivity index (χ4v) is 2.05. The number of nitrogens with zero attached hydrogens (tertiary/aromatic N) is 1. The molecule has 2 nitrogen and oxygen atoms in total. The zero-order valence-corrected chi connectivity index (χ0v) is 10.7. The number of alkyl halides is 3. The minimum Gasteiger partial charge on any atom is -0.319 e. The SMILES string of the molecule is N[C@@H](c1cc(F)cc(Cl)c1)c1ncccc1C(F)(F)F. The summed E-state index contributed by atoms with van der Waals surface area (Å²) in [5.41, 5.74) is 4.56. The molecule has 1 atom stereocenters. The van der Waals surface area contributed by atoms with Gasteiger partial charge in [0.15, 0.2) is 0 Å². The fourth-order valence-electron chi connectivity index (χ4n) is 1.82. The monoisotopic (exact) mass is 304 g/mol. The highest BCUT2D eigenvalue weighted by Crippen LogP contribution is 2.35. The van der Waals surface area contributed by atoms with Gasteiger partial charge in [0.05, 0.1) is 17.3 Å². The Bertz CT molecular complexity index is 608. The summed E-state index contributed by atoms with van der Waals surface area (Å²) in [5.74, 6) is -0.674. The largest absolute Gasteiger partial charge is 0.418 e. The summed E-state index contributed by atoms with van der Waals surface area (Å²) >= 11 is 5.67. The van der Waals surface area contributed by atoms with Gasteiger partial charge in [0.2, 0.25) is 0 Å². The standard InChI is InChI=1S/C13H9ClF4N2/c14-8-4-7(5-9(15)6-8)11(19)12-10(13(16,17)18)2-1-3-20-12/h1-6,11H,19H2/t11-/m0/s1. The van der Waals surface area contributed by atoms with E-state index in [1.54, 1.807) is 0 Å². The maximum Gasteiger partial charge on any atom is 0.418 e. The summed E-state index contributed by atoms with van der Waals surface area (Å²) in [7, 11) is 0. The lowest BCUT2D eigenvalue weighted by Gasteiger charge is -2.17. The van der Waals surface area contributed by atoms with E-state index in [2.05, 4.69) is 4.98 Å². The van der Waals surface area contributed by atoms with E-state index in [0.717, 1.165) is 24.3 Å². The van der Waals surface area contributed by atoms with Crippen LogP contribution in [0.2, 0.25) is 5.02 Å². The lowest BCUT2D eigenvalue weighted by molar-refractivity contribution is -0.138. The number of benzene rings is 1. The predicted octanol–water partition coefficient (Wildman–Crippen LogP) is 3.94. The highest BCUT2D eigenvalue weighted by molar-refractivity contribution is 6.30. The van der Waals surface area contributed by atoms with Crippen LogP contribution in [-0.4, -0.2) is 4.98 Å². The van der Waals surface area contributed by atoms with Crippen molar-refractivity contribution in [1.82, 2.24) is 4.98 Å². The van der Waals surface area contributed by atoms with Gasteiger partial charge in [-0.1, -0.05) is 11.6 Å². The highest BCUT2D eigenvalue weighted by Gasteiger charge is 2.35. The number of hydrogen-bond donors (Lipinski definition) is 1. The van der Waals surface area contributed by atoms with Gasteiger partial charge in [0.1, 0.15) is 5.82 Å². The second kappa shape index (κ2) is 5.38. The van der Waals surface area contributed by atoms with Gasteiger partial charge in [-0.25, -0.2) is 4.39 Å². The van der Waals surface area contributed by atoms with E-state index in [-0.39, 0.29) is 16.3 Å². The van der Waals surface area contributed by atoms with Crippen LogP contribution in [0.1, 0.15) is 22.9 Å². The second-order valence-corrected chi connectivity index (χ2v) is 4.55. The van der Waals surface area contributed by atoms with Gasteiger partial charge in [0, 0.05) is 11.2 Å². The molecular formula is C13H9ClF4N2. The molecule has 0 aliphatic heterocycles.